The molecule has 2 rings (SSSR count). The van der Waals surface area contributed by atoms with Crippen LogP contribution in [0.5, 0.6) is 0 Å². The van der Waals surface area contributed by atoms with Gasteiger partial charge in [-0.2, -0.15) is 0 Å². The Morgan fingerprint density at radius 3 is 2.71 bits per heavy atom. The Morgan fingerprint density at radius 1 is 1.36 bits per heavy atom. The van der Waals surface area contributed by atoms with Crippen LogP contribution in [0, 0.1) is 5.92 Å². The molecule has 0 amide bonds. The SMILES string of the molecule is CC1CCN(c2cc(N)ncn2)CC1. The van der Waals surface area contributed by atoms with Crippen molar-refractivity contribution in [3.05, 3.63) is 12.4 Å². The summed E-state index contributed by atoms with van der Waals surface area (Å²) in [5.41, 5.74) is 5.61. The molecule has 0 unspecified atom stereocenters. The summed E-state index contributed by atoms with van der Waals surface area (Å²) in [6.45, 7) is 4.46. The molecule has 1 aromatic rings. The predicted octanol–water partition coefficient (Wildman–Crippen LogP) is 1.30. The van der Waals surface area contributed by atoms with Crippen molar-refractivity contribution in [1.82, 2.24) is 9.97 Å². The van der Waals surface area contributed by atoms with Gasteiger partial charge in [-0.15, -0.1) is 0 Å². The van der Waals surface area contributed by atoms with E-state index in [1.54, 1.807) is 0 Å². The third kappa shape index (κ3) is 1.95. The number of rotatable bonds is 1. The van der Waals surface area contributed by atoms with Gasteiger partial charge in [-0.25, -0.2) is 9.97 Å². The molecule has 0 radical (unpaired) electrons. The molecule has 0 bridgehead atoms. The lowest BCUT2D eigenvalue weighted by molar-refractivity contribution is 0.436. The number of hydrogen-bond donors (Lipinski definition) is 1. The molecule has 0 aliphatic carbocycles. The van der Waals surface area contributed by atoms with Crippen molar-refractivity contribution >= 4 is 11.6 Å². The second kappa shape index (κ2) is 3.82. The lowest BCUT2D eigenvalue weighted by Gasteiger charge is -2.31. The second-order valence-corrected chi connectivity index (χ2v) is 3.97. The lowest BCUT2D eigenvalue weighted by atomic mass is 9.99. The Balaban J connectivity index is 2.08. The molecule has 0 atom stereocenters. The van der Waals surface area contributed by atoms with Crippen LogP contribution in [0.4, 0.5) is 11.6 Å². The molecule has 0 aromatic carbocycles. The molecular weight excluding hydrogens is 176 g/mol. The van der Waals surface area contributed by atoms with Crippen molar-refractivity contribution in [2.45, 2.75) is 19.8 Å². The van der Waals surface area contributed by atoms with Gasteiger partial charge >= 0.3 is 0 Å². The highest BCUT2D eigenvalue weighted by Gasteiger charge is 2.16. The highest BCUT2D eigenvalue weighted by molar-refractivity contribution is 5.45. The number of nitrogens with zero attached hydrogens (tertiary/aromatic N) is 3. The minimum atomic E-state index is 0.550. The number of anilines is 2. The summed E-state index contributed by atoms with van der Waals surface area (Å²) in [6, 6.07) is 1.84. The predicted molar refractivity (Wildman–Crippen MR) is 57.1 cm³/mol. The van der Waals surface area contributed by atoms with E-state index in [0.29, 0.717) is 5.82 Å². The molecule has 1 aliphatic rings. The summed E-state index contributed by atoms with van der Waals surface area (Å²) in [5.74, 6) is 2.35. The third-order valence-electron chi connectivity index (χ3n) is 2.78. The first-order chi connectivity index (χ1) is 6.75. The first kappa shape index (κ1) is 9.24. The quantitative estimate of drug-likeness (QED) is 0.728. The van der Waals surface area contributed by atoms with E-state index in [1.807, 2.05) is 6.07 Å². The van der Waals surface area contributed by atoms with Crippen LogP contribution in [0.1, 0.15) is 19.8 Å². The fourth-order valence-electron chi connectivity index (χ4n) is 1.77. The Morgan fingerprint density at radius 2 is 2.07 bits per heavy atom. The smallest absolute Gasteiger partial charge is 0.134 e. The van der Waals surface area contributed by atoms with Crippen molar-refractivity contribution in [1.29, 1.82) is 0 Å². The van der Waals surface area contributed by atoms with Crippen molar-refractivity contribution in [2.24, 2.45) is 5.92 Å². The van der Waals surface area contributed by atoms with E-state index in [0.717, 1.165) is 24.8 Å². The summed E-state index contributed by atoms with van der Waals surface area (Å²) in [6.07, 6.45) is 4.01. The van der Waals surface area contributed by atoms with Crippen LogP contribution >= 0.6 is 0 Å². The molecular formula is C10H16N4. The largest absolute Gasteiger partial charge is 0.384 e. The highest BCUT2D eigenvalue weighted by Crippen LogP contribution is 2.21. The minimum absolute atomic E-state index is 0.550. The molecule has 4 nitrogen and oxygen atoms in total. The van der Waals surface area contributed by atoms with Gasteiger partial charge in [0.15, 0.2) is 0 Å². The number of piperidine rings is 1. The summed E-state index contributed by atoms with van der Waals surface area (Å²) in [7, 11) is 0. The molecule has 0 spiro atoms. The summed E-state index contributed by atoms with van der Waals surface area (Å²) in [5, 5.41) is 0. The van der Waals surface area contributed by atoms with Gasteiger partial charge in [-0.1, -0.05) is 6.92 Å². The van der Waals surface area contributed by atoms with Gasteiger partial charge in [0.25, 0.3) is 0 Å². The van der Waals surface area contributed by atoms with Crippen LogP contribution in [-0.2, 0) is 0 Å². The van der Waals surface area contributed by atoms with E-state index in [9.17, 15) is 0 Å². The van der Waals surface area contributed by atoms with E-state index < -0.39 is 0 Å². The van der Waals surface area contributed by atoms with Gasteiger partial charge < -0.3 is 10.6 Å². The van der Waals surface area contributed by atoms with Gasteiger partial charge in [-0.3, -0.25) is 0 Å². The number of nitrogens with two attached hydrogens (primary N) is 1. The van der Waals surface area contributed by atoms with Crippen LogP contribution in [0.25, 0.3) is 0 Å². The monoisotopic (exact) mass is 192 g/mol. The van der Waals surface area contributed by atoms with Gasteiger partial charge in [0.1, 0.15) is 18.0 Å². The van der Waals surface area contributed by atoms with Gasteiger partial charge in [0.2, 0.25) is 0 Å². The molecule has 1 saturated heterocycles. The van der Waals surface area contributed by atoms with Gasteiger partial charge in [0.05, 0.1) is 0 Å². The third-order valence-corrected chi connectivity index (χ3v) is 2.78. The molecule has 76 valence electrons. The van der Waals surface area contributed by atoms with Gasteiger partial charge in [-0.05, 0) is 18.8 Å². The van der Waals surface area contributed by atoms with Crippen LogP contribution in [0.2, 0.25) is 0 Å². The molecule has 14 heavy (non-hydrogen) atoms. The summed E-state index contributed by atoms with van der Waals surface area (Å²) < 4.78 is 0. The maximum atomic E-state index is 5.61. The standard InChI is InChI=1S/C10H16N4/c1-8-2-4-14(5-3-8)10-6-9(11)12-7-13-10/h6-8H,2-5H2,1H3,(H2,11,12,13). The van der Waals surface area contributed by atoms with Crippen molar-refractivity contribution in [2.75, 3.05) is 23.7 Å². The lowest BCUT2D eigenvalue weighted by Crippen LogP contribution is -2.33. The number of hydrogen-bond acceptors (Lipinski definition) is 4. The molecule has 2 N–H and O–H groups in total. The number of aromatic nitrogens is 2. The van der Waals surface area contributed by atoms with E-state index in [-0.39, 0.29) is 0 Å². The zero-order valence-corrected chi connectivity index (χ0v) is 8.48. The van der Waals surface area contributed by atoms with E-state index in [4.69, 9.17) is 5.73 Å². The molecule has 0 saturated carbocycles. The second-order valence-electron chi connectivity index (χ2n) is 3.97. The zero-order chi connectivity index (χ0) is 9.97. The van der Waals surface area contributed by atoms with E-state index in [2.05, 4.69) is 21.8 Å². The topological polar surface area (TPSA) is 55.0 Å². The van der Waals surface area contributed by atoms with Crippen LogP contribution in [0.15, 0.2) is 12.4 Å². The number of nitrogen functional groups attached to an aromatic ring is 1. The van der Waals surface area contributed by atoms with Crippen molar-refractivity contribution in [3.8, 4) is 0 Å². The Hall–Kier alpha value is -1.32. The Labute approximate surface area is 84.2 Å². The highest BCUT2D eigenvalue weighted by atomic mass is 15.2. The minimum Gasteiger partial charge on any atom is -0.384 e. The molecule has 2 heterocycles. The van der Waals surface area contributed by atoms with Crippen molar-refractivity contribution in [3.63, 3.8) is 0 Å². The van der Waals surface area contributed by atoms with E-state index in [1.165, 1.54) is 19.2 Å². The fourth-order valence-corrected chi connectivity index (χ4v) is 1.77. The normalized spacial score (nSPS) is 18.5. The molecule has 1 aliphatic heterocycles. The fraction of sp³-hybridized carbons (Fsp3) is 0.600. The van der Waals surface area contributed by atoms with Crippen LogP contribution in [0.3, 0.4) is 0 Å². The van der Waals surface area contributed by atoms with Gasteiger partial charge in [0, 0.05) is 19.2 Å². The zero-order valence-electron chi connectivity index (χ0n) is 8.48. The first-order valence-corrected chi connectivity index (χ1v) is 5.08. The summed E-state index contributed by atoms with van der Waals surface area (Å²) in [4.78, 5) is 10.4. The molecule has 4 heteroatoms. The average Bonchev–Trinajstić information content (AvgIpc) is 2.19. The summed E-state index contributed by atoms with van der Waals surface area (Å²) >= 11 is 0. The van der Waals surface area contributed by atoms with Crippen LogP contribution < -0.4 is 10.6 Å². The molecule has 1 fully saturated rings. The maximum absolute atomic E-state index is 5.61. The Bertz CT molecular complexity index is 305. The molecule has 1 aromatic heterocycles. The maximum Gasteiger partial charge on any atom is 0.134 e. The van der Waals surface area contributed by atoms with Crippen LogP contribution in [-0.4, -0.2) is 23.1 Å². The first-order valence-electron chi connectivity index (χ1n) is 5.08. The Kier molecular flexibility index (Phi) is 2.52. The van der Waals surface area contributed by atoms with E-state index >= 15 is 0 Å². The van der Waals surface area contributed by atoms with Crippen molar-refractivity contribution < 1.29 is 0 Å². The average molecular weight is 192 g/mol.